The van der Waals surface area contributed by atoms with Gasteiger partial charge in [-0.2, -0.15) is 0 Å². The van der Waals surface area contributed by atoms with Crippen molar-refractivity contribution in [1.29, 1.82) is 0 Å². The van der Waals surface area contributed by atoms with E-state index in [9.17, 15) is 4.39 Å². The minimum Gasteiger partial charge on any atom is -0.443 e. The molecule has 16 heavy (non-hydrogen) atoms. The number of oxazole rings is 1. The number of nitrogens with zero attached hydrogens (tertiary/aromatic N) is 1. The van der Waals surface area contributed by atoms with Crippen molar-refractivity contribution in [3.63, 3.8) is 0 Å². The first-order chi connectivity index (χ1) is 7.75. The molecule has 0 unspecified atom stereocenters. The number of halogens is 1. The summed E-state index contributed by atoms with van der Waals surface area (Å²) in [4.78, 5) is 4.00. The van der Waals surface area contributed by atoms with Crippen molar-refractivity contribution in [3.8, 4) is 11.3 Å². The number of aromatic nitrogens is 1. The Bertz CT molecular complexity index is 528. The highest BCUT2D eigenvalue weighted by atomic mass is 19.1. The van der Waals surface area contributed by atoms with Crippen molar-refractivity contribution in [2.24, 2.45) is 0 Å². The van der Waals surface area contributed by atoms with E-state index in [-0.39, 0.29) is 5.82 Å². The molecule has 2 aromatic rings. The lowest BCUT2D eigenvalue weighted by molar-refractivity contribution is 0.568. The van der Waals surface area contributed by atoms with Crippen LogP contribution in [0.1, 0.15) is 30.0 Å². The third kappa shape index (κ3) is 1.52. The zero-order chi connectivity index (χ0) is 11.1. The molecular weight excluding hydrogens is 205 g/mol. The number of benzene rings is 1. The molecule has 3 rings (SSSR count). The van der Waals surface area contributed by atoms with Crippen molar-refractivity contribution in [1.82, 2.24) is 4.98 Å². The van der Waals surface area contributed by atoms with E-state index in [0.29, 0.717) is 11.7 Å². The van der Waals surface area contributed by atoms with Crippen LogP contribution in [-0.4, -0.2) is 4.98 Å². The second-order valence-electron chi connectivity index (χ2n) is 4.28. The van der Waals surface area contributed by atoms with Crippen LogP contribution in [-0.2, 0) is 0 Å². The summed E-state index contributed by atoms with van der Waals surface area (Å²) >= 11 is 0. The Morgan fingerprint density at radius 2 is 2.19 bits per heavy atom. The smallest absolute Gasteiger partial charge is 0.181 e. The molecule has 1 aromatic heterocycles. The first-order valence-electron chi connectivity index (χ1n) is 5.45. The molecule has 1 saturated carbocycles. The predicted molar refractivity (Wildman–Crippen MR) is 58.6 cm³/mol. The molecule has 1 aliphatic rings. The van der Waals surface area contributed by atoms with Crippen LogP contribution >= 0.6 is 0 Å². The Hall–Kier alpha value is -1.64. The number of hydrogen-bond acceptors (Lipinski definition) is 2. The minimum atomic E-state index is -0.129. The molecule has 1 aliphatic carbocycles. The van der Waals surface area contributed by atoms with Gasteiger partial charge < -0.3 is 4.42 Å². The third-order valence-electron chi connectivity index (χ3n) is 3.03. The van der Waals surface area contributed by atoms with Gasteiger partial charge in [-0.1, -0.05) is 12.1 Å². The van der Waals surface area contributed by atoms with Gasteiger partial charge in [-0.05, 0) is 37.3 Å². The quantitative estimate of drug-likeness (QED) is 0.767. The predicted octanol–water partition coefficient (Wildman–Crippen LogP) is 3.67. The third-order valence-corrected chi connectivity index (χ3v) is 3.03. The summed E-state index contributed by atoms with van der Waals surface area (Å²) < 4.78 is 19.0. The average Bonchev–Trinajstić information content (AvgIpc) is 3.01. The molecule has 0 atom stereocenters. The highest BCUT2D eigenvalue weighted by molar-refractivity contribution is 5.60. The molecular formula is C13H12FNO. The van der Waals surface area contributed by atoms with Crippen molar-refractivity contribution in [3.05, 3.63) is 41.7 Å². The normalized spacial score (nSPS) is 15.4. The van der Waals surface area contributed by atoms with Crippen molar-refractivity contribution in [2.45, 2.75) is 25.7 Å². The van der Waals surface area contributed by atoms with E-state index in [0.717, 1.165) is 29.7 Å². The van der Waals surface area contributed by atoms with Crippen LogP contribution in [0.25, 0.3) is 11.3 Å². The minimum absolute atomic E-state index is 0.129. The van der Waals surface area contributed by atoms with Crippen LogP contribution in [0.3, 0.4) is 0 Å². The van der Waals surface area contributed by atoms with Gasteiger partial charge in [0.2, 0.25) is 0 Å². The van der Waals surface area contributed by atoms with Crippen LogP contribution < -0.4 is 0 Å². The Balaban J connectivity index is 2.03. The summed E-state index contributed by atoms with van der Waals surface area (Å²) in [5.41, 5.74) is 2.39. The molecule has 82 valence electrons. The summed E-state index contributed by atoms with van der Waals surface area (Å²) in [7, 11) is 0. The van der Waals surface area contributed by atoms with E-state index in [1.807, 2.05) is 19.1 Å². The zero-order valence-corrected chi connectivity index (χ0v) is 9.03. The van der Waals surface area contributed by atoms with Crippen LogP contribution in [0, 0.1) is 12.7 Å². The SMILES string of the molecule is Cc1ncoc1-c1ccc(C2CC2)c(F)c1. The maximum absolute atomic E-state index is 13.8. The molecule has 0 bridgehead atoms. The van der Waals surface area contributed by atoms with Gasteiger partial charge in [0.15, 0.2) is 12.2 Å². The van der Waals surface area contributed by atoms with Gasteiger partial charge in [0.25, 0.3) is 0 Å². The molecule has 0 saturated heterocycles. The highest BCUT2D eigenvalue weighted by Gasteiger charge is 2.26. The fourth-order valence-electron chi connectivity index (χ4n) is 1.97. The Kier molecular flexibility index (Phi) is 2.06. The Morgan fingerprint density at radius 1 is 1.38 bits per heavy atom. The number of aryl methyl sites for hydroxylation is 1. The molecule has 0 aliphatic heterocycles. The largest absolute Gasteiger partial charge is 0.443 e. The van der Waals surface area contributed by atoms with Crippen molar-refractivity contribution < 1.29 is 8.81 Å². The summed E-state index contributed by atoms with van der Waals surface area (Å²) in [5, 5.41) is 0. The molecule has 2 nitrogen and oxygen atoms in total. The molecule has 0 radical (unpaired) electrons. The molecule has 3 heteroatoms. The van der Waals surface area contributed by atoms with E-state index in [1.165, 1.54) is 6.39 Å². The van der Waals surface area contributed by atoms with Crippen molar-refractivity contribution >= 4 is 0 Å². The second-order valence-corrected chi connectivity index (χ2v) is 4.28. The number of hydrogen-bond donors (Lipinski definition) is 0. The fraction of sp³-hybridized carbons (Fsp3) is 0.308. The van der Waals surface area contributed by atoms with Gasteiger partial charge in [-0.3, -0.25) is 0 Å². The first kappa shape index (κ1) is 9.58. The monoisotopic (exact) mass is 217 g/mol. The van der Waals surface area contributed by atoms with Crippen LogP contribution in [0.15, 0.2) is 29.0 Å². The lowest BCUT2D eigenvalue weighted by Crippen LogP contribution is -1.88. The van der Waals surface area contributed by atoms with E-state index in [4.69, 9.17) is 4.42 Å². The Morgan fingerprint density at radius 3 is 2.75 bits per heavy atom. The molecule has 1 aromatic carbocycles. The van der Waals surface area contributed by atoms with Gasteiger partial charge in [0, 0.05) is 5.56 Å². The molecule has 0 amide bonds. The molecule has 1 heterocycles. The van der Waals surface area contributed by atoms with Crippen LogP contribution in [0.2, 0.25) is 0 Å². The first-order valence-corrected chi connectivity index (χ1v) is 5.45. The number of rotatable bonds is 2. The van der Waals surface area contributed by atoms with Crippen molar-refractivity contribution in [2.75, 3.05) is 0 Å². The lowest BCUT2D eigenvalue weighted by Gasteiger charge is -2.03. The molecule has 1 fully saturated rings. The topological polar surface area (TPSA) is 26.0 Å². The van der Waals surface area contributed by atoms with Gasteiger partial charge in [0.05, 0.1) is 5.69 Å². The van der Waals surface area contributed by atoms with Gasteiger partial charge in [-0.25, -0.2) is 9.37 Å². The van der Waals surface area contributed by atoms with E-state index in [1.54, 1.807) is 6.07 Å². The van der Waals surface area contributed by atoms with Gasteiger partial charge in [0.1, 0.15) is 5.82 Å². The van der Waals surface area contributed by atoms with E-state index < -0.39 is 0 Å². The summed E-state index contributed by atoms with van der Waals surface area (Å²) in [6.45, 7) is 1.85. The highest BCUT2D eigenvalue weighted by Crippen LogP contribution is 2.42. The van der Waals surface area contributed by atoms with Crippen LogP contribution in [0.4, 0.5) is 4.39 Å². The molecule has 0 N–H and O–H groups in total. The zero-order valence-electron chi connectivity index (χ0n) is 9.03. The summed E-state index contributed by atoms with van der Waals surface area (Å²) in [6.07, 6.45) is 3.60. The maximum Gasteiger partial charge on any atom is 0.181 e. The van der Waals surface area contributed by atoms with Crippen LogP contribution in [0.5, 0.6) is 0 Å². The average molecular weight is 217 g/mol. The maximum atomic E-state index is 13.8. The summed E-state index contributed by atoms with van der Waals surface area (Å²) in [6, 6.07) is 5.32. The summed E-state index contributed by atoms with van der Waals surface area (Å²) in [5.74, 6) is 0.960. The van der Waals surface area contributed by atoms with Gasteiger partial charge >= 0.3 is 0 Å². The van der Waals surface area contributed by atoms with E-state index in [2.05, 4.69) is 4.98 Å². The second kappa shape index (κ2) is 3.44. The molecule has 0 spiro atoms. The fourth-order valence-corrected chi connectivity index (χ4v) is 1.97. The van der Waals surface area contributed by atoms with E-state index >= 15 is 0 Å². The standard InChI is InChI=1S/C13H12FNO/c1-8-13(16-7-15-8)10-4-5-11(9-2-3-9)12(14)6-10/h4-7,9H,2-3H2,1H3. The Labute approximate surface area is 93.1 Å². The lowest BCUT2D eigenvalue weighted by atomic mass is 10.1. The van der Waals surface area contributed by atoms with Gasteiger partial charge in [-0.15, -0.1) is 0 Å².